The number of nitrogens with one attached hydrogen (secondary N) is 1. The zero-order valence-electron chi connectivity index (χ0n) is 16.8. The number of nitrogens with zero attached hydrogens (tertiary/aromatic N) is 2. The van der Waals surface area contributed by atoms with Crippen LogP contribution in [0.2, 0.25) is 0 Å². The fourth-order valence-electron chi connectivity index (χ4n) is 2.81. The number of carbonyl (C=O) groups is 4. The number of amides is 3. The van der Waals surface area contributed by atoms with Crippen molar-refractivity contribution in [3.63, 3.8) is 0 Å². The first-order valence-electron chi connectivity index (χ1n) is 9.31. The highest BCUT2D eigenvalue weighted by atomic mass is 32.2. The quantitative estimate of drug-likeness (QED) is 0.221. The van der Waals surface area contributed by atoms with Crippen molar-refractivity contribution >= 4 is 46.5 Å². The third-order valence-corrected chi connectivity index (χ3v) is 5.19. The molecule has 1 aliphatic rings. The van der Waals surface area contributed by atoms with Crippen LogP contribution >= 0.6 is 11.8 Å². The van der Waals surface area contributed by atoms with E-state index in [4.69, 9.17) is 4.74 Å². The number of hydrogen-bond acceptors (Lipinski definition) is 8. The molecule has 0 aliphatic carbocycles. The van der Waals surface area contributed by atoms with Gasteiger partial charge in [0.05, 0.1) is 15.4 Å². The van der Waals surface area contributed by atoms with Crippen LogP contribution in [-0.4, -0.2) is 45.9 Å². The maximum Gasteiger partial charge on any atom is 0.308 e. The number of rotatable bonds is 7. The van der Waals surface area contributed by atoms with Crippen LogP contribution in [0.4, 0.5) is 10.5 Å². The van der Waals surface area contributed by atoms with Gasteiger partial charge in [0, 0.05) is 32.1 Å². The molecule has 3 amide bonds. The van der Waals surface area contributed by atoms with Gasteiger partial charge in [-0.15, -0.1) is 0 Å². The number of carbonyl (C=O) groups excluding carboxylic acids is 4. The van der Waals surface area contributed by atoms with E-state index in [0.29, 0.717) is 5.56 Å². The second-order valence-electron chi connectivity index (χ2n) is 6.53. The predicted molar refractivity (Wildman–Crippen MR) is 116 cm³/mol. The second-order valence-corrected chi connectivity index (χ2v) is 7.52. The monoisotopic (exact) mass is 455 g/mol. The molecule has 164 valence electrons. The highest BCUT2D eigenvalue weighted by molar-refractivity contribution is 8.18. The van der Waals surface area contributed by atoms with E-state index >= 15 is 0 Å². The van der Waals surface area contributed by atoms with Gasteiger partial charge in [-0.3, -0.25) is 34.2 Å². The van der Waals surface area contributed by atoms with Gasteiger partial charge in [0.1, 0.15) is 5.75 Å². The van der Waals surface area contributed by atoms with E-state index in [1.54, 1.807) is 12.1 Å². The lowest BCUT2D eigenvalue weighted by atomic mass is 10.2. The van der Waals surface area contributed by atoms with Crippen LogP contribution in [0.25, 0.3) is 6.08 Å². The third kappa shape index (κ3) is 5.38. The van der Waals surface area contributed by atoms with Gasteiger partial charge in [0.2, 0.25) is 0 Å². The third-order valence-electron chi connectivity index (χ3n) is 4.28. The average molecular weight is 455 g/mol. The van der Waals surface area contributed by atoms with E-state index in [9.17, 15) is 29.3 Å². The van der Waals surface area contributed by atoms with Crippen molar-refractivity contribution in [1.82, 2.24) is 10.2 Å². The number of esters is 1. The molecule has 0 aromatic heterocycles. The summed E-state index contributed by atoms with van der Waals surface area (Å²) in [6, 6.07) is 11.8. The zero-order valence-corrected chi connectivity index (χ0v) is 17.6. The number of para-hydroxylation sites is 1. The van der Waals surface area contributed by atoms with E-state index in [1.807, 2.05) is 0 Å². The van der Waals surface area contributed by atoms with Gasteiger partial charge in [0.25, 0.3) is 22.7 Å². The van der Waals surface area contributed by atoms with Gasteiger partial charge in [-0.25, -0.2) is 0 Å². The van der Waals surface area contributed by atoms with Crippen LogP contribution in [0.3, 0.4) is 0 Å². The molecule has 0 saturated carbocycles. The molecule has 10 nitrogen and oxygen atoms in total. The summed E-state index contributed by atoms with van der Waals surface area (Å²) in [5.74, 6) is -1.50. The van der Waals surface area contributed by atoms with Gasteiger partial charge in [-0.1, -0.05) is 12.1 Å². The van der Waals surface area contributed by atoms with Crippen LogP contribution in [0.1, 0.15) is 22.8 Å². The molecule has 2 aromatic rings. The Labute approximate surface area is 186 Å². The minimum absolute atomic E-state index is 0.00388. The van der Waals surface area contributed by atoms with Crippen molar-refractivity contribution < 1.29 is 28.8 Å². The Morgan fingerprint density at radius 2 is 1.84 bits per heavy atom. The van der Waals surface area contributed by atoms with Gasteiger partial charge >= 0.3 is 5.97 Å². The number of benzene rings is 2. The van der Waals surface area contributed by atoms with E-state index in [1.165, 1.54) is 49.4 Å². The van der Waals surface area contributed by atoms with E-state index in [2.05, 4.69) is 5.32 Å². The summed E-state index contributed by atoms with van der Waals surface area (Å²) in [5.41, 5.74) is 0.604. The Hall–Kier alpha value is -3.99. The predicted octanol–water partition coefficient (Wildman–Crippen LogP) is 2.99. The average Bonchev–Trinajstić information content (AvgIpc) is 3.01. The first-order chi connectivity index (χ1) is 15.3. The summed E-state index contributed by atoms with van der Waals surface area (Å²) < 4.78 is 5.00. The molecule has 1 N–H and O–H groups in total. The first kappa shape index (κ1) is 22.7. The van der Waals surface area contributed by atoms with E-state index in [-0.39, 0.29) is 35.0 Å². The fraction of sp³-hybridized carbons (Fsp3) is 0.143. The van der Waals surface area contributed by atoms with Gasteiger partial charge in [-0.05, 0) is 47.7 Å². The van der Waals surface area contributed by atoms with Gasteiger partial charge in [0.15, 0.2) is 0 Å². The van der Waals surface area contributed by atoms with Crippen molar-refractivity contribution in [2.24, 2.45) is 0 Å². The molecule has 1 saturated heterocycles. The standard InChI is InChI=1S/C21H17N3O7S/c1-13(25)31-17-5-3-2-4-16(17)19(26)22-10-11-23-20(27)18(32-21(23)28)12-14-6-8-15(9-7-14)24(29)30/h2-9,12H,10-11H2,1H3,(H,22,26)/b18-12-. The molecule has 1 heterocycles. The molecule has 0 atom stereocenters. The van der Waals surface area contributed by atoms with Crippen LogP contribution in [0.15, 0.2) is 53.4 Å². The number of thioether (sulfide) groups is 1. The number of nitro groups is 1. The smallest absolute Gasteiger partial charge is 0.308 e. The van der Waals surface area contributed by atoms with Crippen LogP contribution < -0.4 is 10.1 Å². The summed E-state index contributed by atoms with van der Waals surface area (Å²) in [4.78, 5) is 59.7. The van der Waals surface area contributed by atoms with Crippen molar-refractivity contribution in [2.75, 3.05) is 13.1 Å². The molecule has 0 spiro atoms. The fourth-order valence-corrected chi connectivity index (χ4v) is 3.68. The number of ether oxygens (including phenoxy) is 1. The molecule has 0 unspecified atom stereocenters. The Kier molecular flexibility index (Phi) is 7.00. The molecule has 3 rings (SSSR count). The maximum absolute atomic E-state index is 12.6. The summed E-state index contributed by atoms with van der Waals surface area (Å²) >= 11 is 0.746. The highest BCUT2D eigenvalue weighted by Gasteiger charge is 2.34. The van der Waals surface area contributed by atoms with Crippen LogP contribution in [0, 0.1) is 10.1 Å². The molecule has 32 heavy (non-hydrogen) atoms. The highest BCUT2D eigenvalue weighted by Crippen LogP contribution is 2.32. The molecule has 0 radical (unpaired) electrons. The Morgan fingerprint density at radius 3 is 2.50 bits per heavy atom. The number of nitro benzene ring substituents is 1. The van der Waals surface area contributed by atoms with Gasteiger partial charge in [-0.2, -0.15) is 0 Å². The SMILES string of the molecule is CC(=O)Oc1ccccc1C(=O)NCCN1C(=O)S/C(=C\c2ccc([N+](=O)[O-])cc2)C1=O. The van der Waals surface area contributed by atoms with E-state index in [0.717, 1.165) is 16.7 Å². The largest absolute Gasteiger partial charge is 0.426 e. The van der Waals surface area contributed by atoms with Gasteiger partial charge < -0.3 is 10.1 Å². The lowest BCUT2D eigenvalue weighted by Gasteiger charge is -2.14. The Morgan fingerprint density at radius 1 is 1.16 bits per heavy atom. The summed E-state index contributed by atoms with van der Waals surface area (Å²) in [6.07, 6.45) is 1.47. The van der Waals surface area contributed by atoms with Crippen LogP contribution in [0.5, 0.6) is 5.75 Å². The molecule has 2 aromatic carbocycles. The lowest BCUT2D eigenvalue weighted by Crippen LogP contribution is -2.37. The zero-order chi connectivity index (χ0) is 23.3. The van der Waals surface area contributed by atoms with E-state index < -0.39 is 27.9 Å². The maximum atomic E-state index is 12.6. The molecule has 0 bridgehead atoms. The second kappa shape index (κ2) is 9.88. The lowest BCUT2D eigenvalue weighted by molar-refractivity contribution is -0.384. The molecule has 11 heteroatoms. The number of non-ortho nitro benzene ring substituents is 1. The normalized spacial score (nSPS) is 14.5. The Balaban J connectivity index is 1.61. The summed E-state index contributed by atoms with van der Waals surface area (Å²) in [7, 11) is 0. The minimum atomic E-state index is -0.567. The number of hydrogen-bond donors (Lipinski definition) is 1. The van der Waals surface area contributed by atoms with Crippen molar-refractivity contribution in [3.05, 3.63) is 74.7 Å². The summed E-state index contributed by atoms with van der Waals surface area (Å²) in [5, 5.41) is 12.8. The summed E-state index contributed by atoms with van der Waals surface area (Å²) in [6.45, 7) is 1.17. The Bertz CT molecular complexity index is 1130. The molecular formula is C21H17N3O7S. The first-order valence-corrected chi connectivity index (χ1v) is 10.1. The number of imide groups is 1. The topological polar surface area (TPSA) is 136 Å². The van der Waals surface area contributed by atoms with Crippen molar-refractivity contribution in [1.29, 1.82) is 0 Å². The molecule has 1 aliphatic heterocycles. The minimum Gasteiger partial charge on any atom is -0.426 e. The van der Waals surface area contributed by atoms with Crippen molar-refractivity contribution in [2.45, 2.75) is 6.92 Å². The molecule has 1 fully saturated rings. The van der Waals surface area contributed by atoms with Crippen molar-refractivity contribution in [3.8, 4) is 5.75 Å². The van der Waals surface area contributed by atoms with Crippen LogP contribution in [-0.2, 0) is 9.59 Å². The molecular weight excluding hydrogens is 438 g/mol.